The average Bonchev–Trinajstić information content (AvgIpc) is 3.26. The summed E-state index contributed by atoms with van der Waals surface area (Å²) in [4.78, 5) is 11.1. The zero-order valence-electron chi connectivity index (χ0n) is 16.8. The number of fused-ring (bicyclic) bond motifs is 1. The van der Waals surface area contributed by atoms with E-state index in [9.17, 15) is 9.90 Å². The third-order valence-electron chi connectivity index (χ3n) is 5.14. The molecule has 0 aliphatic heterocycles. The minimum Gasteiger partial charge on any atom is -0.489 e. The molecule has 0 radical (unpaired) electrons. The number of carbonyl (C=O) groups is 1. The van der Waals surface area contributed by atoms with Crippen LogP contribution in [0.2, 0.25) is 0 Å². The van der Waals surface area contributed by atoms with E-state index in [1.807, 2.05) is 48.5 Å². The highest BCUT2D eigenvalue weighted by Crippen LogP contribution is 2.33. The molecule has 0 saturated heterocycles. The maximum absolute atomic E-state index is 11.1. The highest BCUT2D eigenvalue weighted by molar-refractivity contribution is 5.93. The van der Waals surface area contributed by atoms with E-state index in [-0.39, 0.29) is 19.6 Å². The van der Waals surface area contributed by atoms with Gasteiger partial charge in [0.1, 0.15) is 17.9 Å². The lowest BCUT2D eigenvalue weighted by atomic mass is 9.97. The topological polar surface area (TPSA) is 106 Å². The lowest BCUT2D eigenvalue weighted by molar-refractivity contribution is -0.136. The van der Waals surface area contributed by atoms with Crippen LogP contribution in [0.5, 0.6) is 5.75 Å². The number of hydrogen-bond donors (Lipinski definition) is 3. The molecule has 1 unspecified atom stereocenters. The number of aliphatic carboxylic acids is 1. The first-order valence-corrected chi connectivity index (χ1v) is 9.94. The Kier molecular flexibility index (Phi) is 6.02. The molecule has 0 aliphatic carbocycles. The van der Waals surface area contributed by atoms with E-state index in [4.69, 9.17) is 20.0 Å². The first kappa shape index (κ1) is 20.7. The Bertz CT molecular complexity index is 1210. The summed E-state index contributed by atoms with van der Waals surface area (Å²) >= 11 is 0. The predicted octanol–water partition coefficient (Wildman–Crippen LogP) is 4.30. The molecule has 1 atom stereocenters. The fourth-order valence-electron chi connectivity index (χ4n) is 3.60. The van der Waals surface area contributed by atoms with Crippen LogP contribution in [0, 0.1) is 0 Å². The SMILES string of the molecule is NC(CO)c1cccc(-c2cc(COc3ccccc3CC(=O)O)cc3ccoc23)c1. The Labute approximate surface area is 179 Å². The van der Waals surface area contributed by atoms with Crippen LogP contribution in [-0.4, -0.2) is 22.8 Å². The van der Waals surface area contributed by atoms with Crippen molar-refractivity contribution in [1.82, 2.24) is 0 Å². The molecule has 6 heteroatoms. The quantitative estimate of drug-likeness (QED) is 0.395. The van der Waals surface area contributed by atoms with Crippen molar-refractivity contribution in [1.29, 1.82) is 0 Å². The molecule has 3 aromatic carbocycles. The van der Waals surface area contributed by atoms with Crippen molar-refractivity contribution in [3.63, 3.8) is 0 Å². The van der Waals surface area contributed by atoms with Gasteiger partial charge in [-0.3, -0.25) is 4.79 Å². The summed E-state index contributed by atoms with van der Waals surface area (Å²) < 4.78 is 11.7. The first-order valence-electron chi connectivity index (χ1n) is 9.94. The number of furan rings is 1. The molecule has 0 aliphatic rings. The van der Waals surface area contributed by atoms with Gasteiger partial charge in [0, 0.05) is 16.5 Å². The van der Waals surface area contributed by atoms with Crippen LogP contribution < -0.4 is 10.5 Å². The second-order valence-electron chi connectivity index (χ2n) is 7.36. The molecule has 6 nitrogen and oxygen atoms in total. The van der Waals surface area contributed by atoms with Gasteiger partial charge in [0.2, 0.25) is 0 Å². The zero-order valence-corrected chi connectivity index (χ0v) is 16.8. The number of carboxylic acid groups (broad SMARTS) is 1. The van der Waals surface area contributed by atoms with Gasteiger partial charge in [-0.15, -0.1) is 0 Å². The number of hydrogen-bond acceptors (Lipinski definition) is 5. The molecule has 158 valence electrons. The highest BCUT2D eigenvalue weighted by Gasteiger charge is 2.13. The fraction of sp³-hybridized carbons (Fsp3) is 0.160. The van der Waals surface area contributed by atoms with Gasteiger partial charge in [-0.05, 0) is 47.0 Å². The zero-order chi connectivity index (χ0) is 21.8. The molecule has 1 heterocycles. The van der Waals surface area contributed by atoms with Gasteiger partial charge >= 0.3 is 5.97 Å². The Morgan fingerprint density at radius 1 is 1.06 bits per heavy atom. The number of benzene rings is 3. The molecule has 0 amide bonds. The molecule has 4 N–H and O–H groups in total. The third kappa shape index (κ3) is 4.60. The van der Waals surface area contributed by atoms with Gasteiger partial charge in [0.25, 0.3) is 0 Å². The summed E-state index contributed by atoms with van der Waals surface area (Å²) in [5.41, 5.74) is 11.0. The van der Waals surface area contributed by atoms with Gasteiger partial charge in [-0.25, -0.2) is 0 Å². The normalized spacial score (nSPS) is 12.1. The van der Waals surface area contributed by atoms with E-state index in [1.54, 1.807) is 24.5 Å². The van der Waals surface area contributed by atoms with E-state index in [0.717, 1.165) is 33.2 Å². The van der Waals surface area contributed by atoms with Gasteiger partial charge in [-0.1, -0.05) is 36.4 Å². The number of aliphatic hydroxyl groups excluding tert-OH is 1. The van der Waals surface area contributed by atoms with Crippen LogP contribution in [-0.2, 0) is 17.8 Å². The van der Waals surface area contributed by atoms with Crippen molar-refractivity contribution >= 4 is 16.9 Å². The van der Waals surface area contributed by atoms with Crippen LogP contribution in [0.15, 0.2) is 77.4 Å². The number of para-hydroxylation sites is 1. The minimum absolute atomic E-state index is 0.0971. The van der Waals surface area contributed by atoms with Crippen molar-refractivity contribution in [3.05, 3.63) is 89.7 Å². The Balaban J connectivity index is 1.67. The van der Waals surface area contributed by atoms with E-state index < -0.39 is 12.0 Å². The molecule has 31 heavy (non-hydrogen) atoms. The summed E-state index contributed by atoms with van der Waals surface area (Å²) in [5.74, 6) is -0.353. The van der Waals surface area contributed by atoms with E-state index in [0.29, 0.717) is 11.3 Å². The van der Waals surface area contributed by atoms with E-state index >= 15 is 0 Å². The van der Waals surface area contributed by atoms with Crippen molar-refractivity contribution in [2.24, 2.45) is 5.73 Å². The molecule has 0 bridgehead atoms. The predicted molar refractivity (Wildman–Crippen MR) is 118 cm³/mol. The lowest BCUT2D eigenvalue weighted by Crippen LogP contribution is -2.14. The highest BCUT2D eigenvalue weighted by atomic mass is 16.5. The lowest BCUT2D eigenvalue weighted by Gasteiger charge is -2.13. The second-order valence-corrected chi connectivity index (χ2v) is 7.36. The molecular formula is C25H23NO5. The van der Waals surface area contributed by atoms with Gasteiger partial charge in [-0.2, -0.15) is 0 Å². The molecule has 0 fully saturated rings. The van der Waals surface area contributed by atoms with Crippen LogP contribution in [0.25, 0.3) is 22.1 Å². The van der Waals surface area contributed by atoms with Gasteiger partial charge in [0.05, 0.1) is 25.3 Å². The smallest absolute Gasteiger partial charge is 0.307 e. The van der Waals surface area contributed by atoms with Gasteiger partial charge in [0.15, 0.2) is 0 Å². The second kappa shape index (κ2) is 9.04. The number of carboxylic acids is 1. The Hall–Kier alpha value is -3.61. The molecule has 4 aromatic rings. The number of nitrogens with two attached hydrogens (primary N) is 1. The summed E-state index contributed by atoms with van der Waals surface area (Å²) in [7, 11) is 0. The molecule has 4 rings (SSSR count). The monoisotopic (exact) mass is 417 g/mol. The van der Waals surface area contributed by atoms with E-state index in [1.165, 1.54) is 0 Å². The van der Waals surface area contributed by atoms with Crippen molar-refractivity contribution in [2.45, 2.75) is 19.1 Å². The summed E-state index contributed by atoms with van der Waals surface area (Å²) in [6, 6.07) is 20.3. The largest absolute Gasteiger partial charge is 0.489 e. The third-order valence-corrected chi connectivity index (χ3v) is 5.14. The summed E-state index contributed by atoms with van der Waals surface area (Å²) in [5, 5.41) is 19.5. The van der Waals surface area contributed by atoms with Crippen molar-refractivity contribution in [2.75, 3.05) is 6.61 Å². The van der Waals surface area contributed by atoms with Crippen molar-refractivity contribution < 1.29 is 24.2 Å². The van der Waals surface area contributed by atoms with Crippen LogP contribution in [0.1, 0.15) is 22.7 Å². The number of ether oxygens (including phenoxy) is 1. The van der Waals surface area contributed by atoms with Crippen LogP contribution in [0.4, 0.5) is 0 Å². The average molecular weight is 417 g/mol. The number of rotatable bonds is 8. The van der Waals surface area contributed by atoms with Crippen LogP contribution in [0.3, 0.4) is 0 Å². The fourth-order valence-corrected chi connectivity index (χ4v) is 3.60. The molecule has 1 aromatic heterocycles. The molecular weight excluding hydrogens is 394 g/mol. The molecule has 0 spiro atoms. The standard InChI is InChI=1S/C25H23NO5/c26-22(14-27)18-6-3-5-17(12-18)21-11-16(10-20-8-9-30-25(20)21)15-31-23-7-2-1-4-19(23)13-24(28)29/h1-12,22,27H,13-15,26H2,(H,28,29). The number of aliphatic hydroxyl groups is 1. The van der Waals surface area contributed by atoms with Gasteiger partial charge < -0.3 is 25.1 Å². The maximum Gasteiger partial charge on any atom is 0.307 e. The molecule has 0 saturated carbocycles. The van der Waals surface area contributed by atoms with E-state index in [2.05, 4.69) is 0 Å². The van der Waals surface area contributed by atoms with Crippen molar-refractivity contribution in [3.8, 4) is 16.9 Å². The summed E-state index contributed by atoms with van der Waals surface area (Å²) in [6.45, 7) is 0.143. The Morgan fingerprint density at radius 2 is 1.90 bits per heavy atom. The maximum atomic E-state index is 11.1. The Morgan fingerprint density at radius 3 is 2.71 bits per heavy atom. The minimum atomic E-state index is -0.904. The summed E-state index contributed by atoms with van der Waals surface area (Å²) in [6.07, 6.45) is 1.55. The van der Waals surface area contributed by atoms with Crippen LogP contribution >= 0.6 is 0 Å². The first-order chi connectivity index (χ1) is 15.0.